The van der Waals surface area contributed by atoms with E-state index in [-0.39, 0.29) is 25.9 Å². The number of nitrogens with zero attached hydrogens (tertiary/aromatic N) is 2. The average molecular weight is 517 g/mol. The van der Waals surface area contributed by atoms with Crippen LogP contribution in [0.3, 0.4) is 0 Å². The predicted molar refractivity (Wildman–Crippen MR) is 119 cm³/mol. The Balaban J connectivity index is 1.49. The molecule has 0 amide bonds. The van der Waals surface area contributed by atoms with Crippen LogP contribution in [0.25, 0.3) is 0 Å². The van der Waals surface area contributed by atoms with Gasteiger partial charge in [0.25, 0.3) is 0 Å². The van der Waals surface area contributed by atoms with Gasteiger partial charge in [-0.15, -0.1) is 11.3 Å². The molecule has 4 nitrogen and oxygen atoms in total. The minimum Gasteiger partial charge on any atom is -0.348 e. The lowest BCUT2D eigenvalue weighted by Crippen LogP contribution is -2.40. The largest absolute Gasteiger partial charge is 0.348 e. The van der Waals surface area contributed by atoms with Crippen molar-refractivity contribution in [3.05, 3.63) is 75.0 Å². The van der Waals surface area contributed by atoms with Crippen molar-refractivity contribution in [3.63, 3.8) is 0 Å². The zero-order chi connectivity index (χ0) is 24.8. The van der Waals surface area contributed by atoms with Crippen LogP contribution in [-0.4, -0.2) is 31.7 Å². The number of thiazole rings is 1. The quantitative estimate of drug-likeness (QED) is 0.195. The average Bonchev–Trinajstić information content (AvgIpc) is 3.28. The van der Waals surface area contributed by atoms with Crippen molar-refractivity contribution in [1.82, 2.24) is 4.98 Å². The minimum absolute atomic E-state index is 0.0341. The second-order valence-electron chi connectivity index (χ2n) is 8.30. The maximum Gasteiger partial charge on any atom is 0.200 e. The Labute approximate surface area is 198 Å². The number of rotatable bonds is 5. The smallest absolute Gasteiger partial charge is 0.200 e. The number of halogens is 5. The predicted octanol–water partition coefficient (Wildman–Crippen LogP) is 5.49. The van der Waals surface area contributed by atoms with E-state index in [4.69, 9.17) is 0 Å². The summed E-state index contributed by atoms with van der Waals surface area (Å²) in [4.78, 5) is 4.76. The van der Waals surface area contributed by atoms with Crippen molar-refractivity contribution in [2.45, 2.75) is 43.3 Å². The zero-order valence-corrected chi connectivity index (χ0v) is 20.0. The second-order valence-corrected chi connectivity index (χ2v) is 11.3. The molecule has 0 bridgehead atoms. The third kappa shape index (κ3) is 4.31. The Morgan fingerprint density at radius 3 is 2.03 bits per heavy atom. The van der Waals surface area contributed by atoms with Crippen LogP contribution in [0.2, 0.25) is 0 Å². The summed E-state index contributed by atoms with van der Waals surface area (Å²) in [5.41, 5.74) is 4.38. The van der Waals surface area contributed by atoms with Gasteiger partial charge in [0, 0.05) is 24.9 Å². The van der Waals surface area contributed by atoms with Gasteiger partial charge in [0.1, 0.15) is 4.90 Å². The van der Waals surface area contributed by atoms with E-state index < -0.39 is 49.1 Å². The van der Waals surface area contributed by atoms with Gasteiger partial charge >= 0.3 is 0 Å². The van der Waals surface area contributed by atoms with Gasteiger partial charge in [0.05, 0.1) is 10.9 Å². The van der Waals surface area contributed by atoms with Crippen LogP contribution < -0.4 is 4.90 Å². The second kappa shape index (κ2) is 9.26. The molecule has 1 aliphatic rings. The molecule has 0 aliphatic carbocycles. The number of aromatic nitrogens is 1. The van der Waals surface area contributed by atoms with E-state index in [1.807, 2.05) is 42.3 Å². The minimum atomic E-state index is -4.78. The molecule has 1 fully saturated rings. The molecule has 1 aromatic heterocycles. The maximum absolute atomic E-state index is 14.1. The number of benzene rings is 2. The van der Waals surface area contributed by atoms with Crippen molar-refractivity contribution in [2.75, 3.05) is 18.0 Å². The molecule has 0 saturated carbocycles. The molecule has 34 heavy (non-hydrogen) atoms. The summed E-state index contributed by atoms with van der Waals surface area (Å²) < 4.78 is 94.2. The van der Waals surface area contributed by atoms with Crippen LogP contribution in [0.5, 0.6) is 0 Å². The van der Waals surface area contributed by atoms with Gasteiger partial charge in [0.15, 0.2) is 38.2 Å². The molecule has 0 atom stereocenters. The third-order valence-corrected chi connectivity index (χ3v) is 9.37. The van der Waals surface area contributed by atoms with Crippen molar-refractivity contribution in [3.8, 4) is 0 Å². The maximum atomic E-state index is 14.1. The van der Waals surface area contributed by atoms with E-state index >= 15 is 0 Å². The SMILES string of the molecule is Cc1cccc(C)c1Cc1csc(N2CCC(S(=O)(=O)c3c(F)c(F)c(F)c(F)c3F)CC2)n1. The van der Waals surface area contributed by atoms with Crippen molar-refractivity contribution >= 4 is 26.3 Å². The van der Waals surface area contributed by atoms with Crippen molar-refractivity contribution in [2.24, 2.45) is 0 Å². The lowest BCUT2D eigenvalue weighted by molar-refractivity contribution is 0.356. The van der Waals surface area contributed by atoms with Gasteiger partial charge in [-0.2, -0.15) is 0 Å². The summed E-state index contributed by atoms with van der Waals surface area (Å²) in [6.45, 7) is 4.50. The fourth-order valence-electron chi connectivity index (χ4n) is 4.19. The van der Waals surface area contributed by atoms with Crippen molar-refractivity contribution < 1.29 is 30.4 Å². The van der Waals surface area contributed by atoms with E-state index in [9.17, 15) is 30.4 Å². The van der Waals surface area contributed by atoms with E-state index in [1.165, 1.54) is 16.9 Å². The summed E-state index contributed by atoms with van der Waals surface area (Å²) in [6.07, 6.45) is 0.585. The summed E-state index contributed by atoms with van der Waals surface area (Å²) >= 11 is 1.41. The summed E-state index contributed by atoms with van der Waals surface area (Å²) in [6, 6.07) is 6.06. The number of sulfone groups is 1. The lowest BCUT2D eigenvalue weighted by atomic mass is 9.99. The standard InChI is InChI=1S/C23H21F5N2O2S2/c1-12-4-3-5-13(2)16(12)10-14-11-33-23(29-14)30-8-6-15(7-9-30)34(31,32)22-20(27)18(25)17(24)19(26)21(22)28/h3-5,11,15H,6-10H2,1-2H3. The Bertz CT molecular complexity index is 1300. The molecule has 2 aromatic carbocycles. The van der Waals surface area contributed by atoms with Gasteiger partial charge in [-0.25, -0.2) is 35.4 Å². The van der Waals surface area contributed by atoms with E-state index in [0.717, 1.165) is 16.8 Å². The number of hydrogen-bond acceptors (Lipinski definition) is 5. The topological polar surface area (TPSA) is 50.3 Å². The van der Waals surface area contributed by atoms with Crippen molar-refractivity contribution in [1.29, 1.82) is 0 Å². The van der Waals surface area contributed by atoms with Gasteiger partial charge in [0.2, 0.25) is 5.82 Å². The van der Waals surface area contributed by atoms with E-state index in [0.29, 0.717) is 11.6 Å². The highest BCUT2D eigenvalue weighted by Gasteiger charge is 2.39. The van der Waals surface area contributed by atoms with Gasteiger partial charge < -0.3 is 4.90 Å². The Kier molecular flexibility index (Phi) is 6.69. The molecule has 2 heterocycles. The highest BCUT2D eigenvalue weighted by Crippen LogP contribution is 2.34. The van der Waals surface area contributed by atoms with E-state index in [1.54, 1.807) is 0 Å². The van der Waals surface area contributed by atoms with Crippen LogP contribution in [-0.2, 0) is 16.3 Å². The van der Waals surface area contributed by atoms with Gasteiger partial charge in [-0.1, -0.05) is 18.2 Å². The molecule has 3 aromatic rings. The fourth-order valence-corrected chi connectivity index (χ4v) is 6.91. The molecule has 0 N–H and O–H groups in total. The van der Waals surface area contributed by atoms with Gasteiger partial charge in [-0.05, 0) is 43.4 Å². The molecule has 0 radical (unpaired) electrons. The molecule has 0 unspecified atom stereocenters. The number of aryl methyl sites for hydroxylation is 2. The Morgan fingerprint density at radius 2 is 1.47 bits per heavy atom. The number of hydrogen-bond donors (Lipinski definition) is 0. The normalized spacial score (nSPS) is 15.2. The van der Waals surface area contributed by atoms with Crippen LogP contribution in [0, 0.1) is 42.9 Å². The van der Waals surface area contributed by atoms with E-state index in [2.05, 4.69) is 4.98 Å². The first-order valence-corrected chi connectivity index (χ1v) is 12.9. The molecule has 11 heteroatoms. The lowest BCUT2D eigenvalue weighted by Gasteiger charge is -2.31. The number of anilines is 1. The molecule has 182 valence electrons. The molecule has 4 rings (SSSR count). The summed E-state index contributed by atoms with van der Waals surface area (Å²) in [5.74, 6) is -11.6. The molecule has 1 aliphatic heterocycles. The molecule has 0 spiro atoms. The van der Waals surface area contributed by atoms with Crippen LogP contribution in [0.1, 0.15) is 35.2 Å². The van der Waals surface area contributed by atoms with Gasteiger partial charge in [-0.3, -0.25) is 0 Å². The fraction of sp³-hybridized carbons (Fsp3) is 0.348. The molecule has 1 saturated heterocycles. The Morgan fingerprint density at radius 1 is 0.941 bits per heavy atom. The van der Waals surface area contributed by atoms with Crippen LogP contribution in [0.4, 0.5) is 27.1 Å². The first kappa shape index (κ1) is 24.6. The van der Waals surface area contributed by atoms with Crippen LogP contribution in [0.15, 0.2) is 28.5 Å². The Hall–Kier alpha value is -2.53. The number of piperidine rings is 1. The molecular formula is C23H21F5N2O2S2. The monoisotopic (exact) mass is 516 g/mol. The third-order valence-electron chi connectivity index (χ3n) is 6.15. The highest BCUT2D eigenvalue weighted by molar-refractivity contribution is 7.92. The summed E-state index contributed by atoms with van der Waals surface area (Å²) in [5, 5.41) is 1.35. The zero-order valence-electron chi connectivity index (χ0n) is 18.3. The molecular weight excluding hydrogens is 495 g/mol. The highest BCUT2D eigenvalue weighted by atomic mass is 32.2. The first-order valence-electron chi connectivity index (χ1n) is 10.5. The first-order chi connectivity index (χ1) is 16.0. The summed E-state index contributed by atoms with van der Waals surface area (Å²) in [7, 11) is -4.78. The van der Waals surface area contributed by atoms with Crippen LogP contribution >= 0.6 is 11.3 Å².